The van der Waals surface area contributed by atoms with E-state index in [1.807, 2.05) is 0 Å². The second-order valence-corrected chi connectivity index (χ2v) is 9.61. The van der Waals surface area contributed by atoms with Crippen LogP contribution in [-0.2, 0) is 0 Å². The van der Waals surface area contributed by atoms with E-state index in [-0.39, 0.29) is 23.4 Å². The lowest BCUT2D eigenvalue weighted by molar-refractivity contribution is -0.242. The fourth-order valence-electron chi connectivity index (χ4n) is 6.56. The number of aliphatic hydroxyl groups excluding tert-OH is 1. The highest BCUT2D eigenvalue weighted by atomic mass is 16.3. The molecule has 0 saturated heterocycles. The summed E-state index contributed by atoms with van der Waals surface area (Å²) in [6, 6.07) is 0. The summed E-state index contributed by atoms with van der Waals surface area (Å²) in [6.45, 7) is 9.54. The van der Waals surface area contributed by atoms with Crippen LogP contribution in [0.1, 0.15) is 79.1 Å². The van der Waals surface area contributed by atoms with Crippen LogP contribution < -0.4 is 0 Å². The van der Waals surface area contributed by atoms with Gasteiger partial charge in [-0.25, -0.2) is 0 Å². The molecule has 0 aromatic rings. The van der Waals surface area contributed by atoms with Crippen molar-refractivity contribution in [2.24, 2.45) is 34.5 Å². The van der Waals surface area contributed by atoms with Gasteiger partial charge in [-0.15, -0.1) is 0 Å². The Morgan fingerprint density at radius 1 is 1.05 bits per heavy atom. The number of hydrogen-bond acceptors (Lipinski definition) is 2. The third-order valence-corrected chi connectivity index (χ3v) is 8.34. The minimum atomic E-state index is -0.548. The minimum absolute atomic E-state index is 0.0676. The van der Waals surface area contributed by atoms with Crippen LogP contribution in [0.5, 0.6) is 0 Å². The van der Waals surface area contributed by atoms with Gasteiger partial charge in [-0.3, -0.25) is 0 Å². The zero-order chi connectivity index (χ0) is 16.2. The molecule has 2 N–H and O–H groups in total. The monoisotopic (exact) mass is 308 g/mol. The minimum Gasteiger partial charge on any atom is -0.396 e. The van der Waals surface area contributed by atoms with Gasteiger partial charge in [0.1, 0.15) is 0 Å². The largest absolute Gasteiger partial charge is 0.396 e. The van der Waals surface area contributed by atoms with Crippen LogP contribution >= 0.6 is 0 Å². The van der Waals surface area contributed by atoms with E-state index in [9.17, 15) is 10.2 Å². The Morgan fingerprint density at radius 2 is 1.77 bits per heavy atom. The summed E-state index contributed by atoms with van der Waals surface area (Å²) in [4.78, 5) is 0. The Morgan fingerprint density at radius 3 is 2.41 bits per heavy atom. The molecule has 0 aromatic heterocycles. The summed E-state index contributed by atoms with van der Waals surface area (Å²) in [5.41, 5.74) is -0.554. The smallest absolute Gasteiger partial charge is 0.0737 e. The number of aliphatic hydroxyl groups is 2. The molecule has 0 unspecified atom stereocenters. The Kier molecular flexibility index (Phi) is 4.18. The maximum atomic E-state index is 11.8. The predicted octanol–water partition coefficient (Wildman–Crippen LogP) is 4.39. The molecule has 0 spiro atoms. The molecule has 0 heterocycles. The van der Waals surface area contributed by atoms with E-state index in [4.69, 9.17) is 0 Å². The lowest BCUT2D eigenvalue weighted by atomic mass is 9.42. The van der Waals surface area contributed by atoms with Gasteiger partial charge in [0.05, 0.1) is 5.60 Å². The standard InChI is InChI=1S/C20H36O2/c1-14(2)15-8-11-19(4)16(12-15)6-7-17-18(3,13-21)9-5-10-20(17,19)22/h14-17,21-22H,5-13H2,1-4H3/t15-,16-,17+,18+,19+,20-/m1/s1. The number of fused-ring (bicyclic) bond motifs is 3. The van der Waals surface area contributed by atoms with Gasteiger partial charge in [0.2, 0.25) is 0 Å². The van der Waals surface area contributed by atoms with Crippen LogP contribution in [0.25, 0.3) is 0 Å². The molecule has 2 nitrogen and oxygen atoms in total. The first-order valence-corrected chi connectivity index (χ1v) is 9.60. The fraction of sp³-hybridized carbons (Fsp3) is 1.00. The van der Waals surface area contributed by atoms with Crippen LogP contribution in [0.3, 0.4) is 0 Å². The molecule has 0 aromatic carbocycles. The maximum Gasteiger partial charge on any atom is 0.0737 e. The van der Waals surface area contributed by atoms with E-state index < -0.39 is 5.60 Å². The van der Waals surface area contributed by atoms with Gasteiger partial charge < -0.3 is 10.2 Å². The lowest BCUT2D eigenvalue weighted by Crippen LogP contribution is -2.65. The summed E-state index contributed by atoms with van der Waals surface area (Å²) in [5, 5.41) is 21.8. The average molecular weight is 309 g/mol. The third-order valence-electron chi connectivity index (χ3n) is 8.34. The van der Waals surface area contributed by atoms with Crippen LogP contribution in [0.15, 0.2) is 0 Å². The highest BCUT2D eigenvalue weighted by Crippen LogP contribution is 2.65. The van der Waals surface area contributed by atoms with Crippen molar-refractivity contribution in [2.45, 2.75) is 84.7 Å². The van der Waals surface area contributed by atoms with Crippen molar-refractivity contribution in [3.63, 3.8) is 0 Å². The Labute approximate surface area is 136 Å². The van der Waals surface area contributed by atoms with Gasteiger partial charge >= 0.3 is 0 Å². The van der Waals surface area contributed by atoms with Crippen LogP contribution in [0.2, 0.25) is 0 Å². The quantitative estimate of drug-likeness (QED) is 0.794. The van der Waals surface area contributed by atoms with Gasteiger partial charge in [0.15, 0.2) is 0 Å². The zero-order valence-electron chi connectivity index (χ0n) is 15.1. The molecule has 3 fully saturated rings. The Hall–Kier alpha value is -0.0800. The summed E-state index contributed by atoms with van der Waals surface area (Å²) < 4.78 is 0. The molecule has 6 atom stereocenters. The first-order valence-electron chi connectivity index (χ1n) is 9.60. The van der Waals surface area contributed by atoms with E-state index in [0.29, 0.717) is 5.92 Å². The van der Waals surface area contributed by atoms with E-state index in [0.717, 1.165) is 37.5 Å². The predicted molar refractivity (Wildman–Crippen MR) is 90.5 cm³/mol. The maximum absolute atomic E-state index is 11.8. The van der Waals surface area contributed by atoms with Crippen molar-refractivity contribution in [3.8, 4) is 0 Å². The van der Waals surface area contributed by atoms with Crippen molar-refractivity contribution < 1.29 is 10.2 Å². The highest BCUT2D eigenvalue weighted by molar-refractivity contribution is 5.14. The highest BCUT2D eigenvalue weighted by Gasteiger charge is 2.64. The van der Waals surface area contributed by atoms with E-state index >= 15 is 0 Å². The second-order valence-electron chi connectivity index (χ2n) is 9.61. The molecule has 22 heavy (non-hydrogen) atoms. The van der Waals surface area contributed by atoms with Gasteiger partial charge in [0.25, 0.3) is 0 Å². The van der Waals surface area contributed by atoms with Gasteiger partial charge in [-0.2, -0.15) is 0 Å². The molecule has 0 amide bonds. The van der Waals surface area contributed by atoms with E-state index in [1.54, 1.807) is 0 Å². The number of hydrogen-bond donors (Lipinski definition) is 2. The molecule has 2 heteroatoms. The van der Waals surface area contributed by atoms with Crippen LogP contribution in [0.4, 0.5) is 0 Å². The van der Waals surface area contributed by atoms with Crippen molar-refractivity contribution in [1.29, 1.82) is 0 Å². The molecular weight excluding hydrogens is 272 g/mol. The number of rotatable bonds is 2. The van der Waals surface area contributed by atoms with Gasteiger partial charge in [0, 0.05) is 6.61 Å². The van der Waals surface area contributed by atoms with E-state index in [2.05, 4.69) is 27.7 Å². The van der Waals surface area contributed by atoms with Crippen molar-refractivity contribution in [3.05, 3.63) is 0 Å². The van der Waals surface area contributed by atoms with Crippen molar-refractivity contribution >= 4 is 0 Å². The molecule has 0 aliphatic heterocycles. The summed E-state index contributed by atoms with van der Waals surface area (Å²) in [6.07, 6.45) is 9.21. The molecular formula is C20H36O2. The Bertz CT molecular complexity index is 420. The van der Waals surface area contributed by atoms with Gasteiger partial charge in [-0.1, -0.05) is 27.7 Å². The molecule has 128 valence electrons. The van der Waals surface area contributed by atoms with E-state index in [1.165, 1.54) is 25.7 Å². The van der Waals surface area contributed by atoms with Gasteiger partial charge in [-0.05, 0) is 85.9 Å². The van der Waals surface area contributed by atoms with Crippen LogP contribution in [-0.4, -0.2) is 22.4 Å². The second kappa shape index (κ2) is 5.48. The molecule has 3 saturated carbocycles. The molecule has 0 radical (unpaired) electrons. The fourth-order valence-corrected chi connectivity index (χ4v) is 6.56. The third kappa shape index (κ3) is 2.20. The summed E-state index contributed by atoms with van der Waals surface area (Å²) >= 11 is 0. The normalized spacial score (nSPS) is 52.2. The first kappa shape index (κ1) is 16.8. The average Bonchev–Trinajstić information content (AvgIpc) is 2.47. The van der Waals surface area contributed by atoms with Crippen LogP contribution in [0, 0.1) is 34.5 Å². The summed E-state index contributed by atoms with van der Waals surface area (Å²) in [5.74, 6) is 2.57. The van der Waals surface area contributed by atoms with Crippen molar-refractivity contribution in [2.75, 3.05) is 6.61 Å². The zero-order valence-corrected chi connectivity index (χ0v) is 15.1. The lowest BCUT2D eigenvalue weighted by Gasteiger charge is -2.65. The summed E-state index contributed by atoms with van der Waals surface area (Å²) in [7, 11) is 0. The van der Waals surface area contributed by atoms with Crippen molar-refractivity contribution in [1.82, 2.24) is 0 Å². The first-order chi connectivity index (χ1) is 10.3. The topological polar surface area (TPSA) is 40.5 Å². The molecule has 3 rings (SSSR count). The molecule has 0 bridgehead atoms. The molecule has 3 aliphatic rings. The molecule has 3 aliphatic carbocycles. The SMILES string of the molecule is CC(C)[C@@H]1CC[C@@]2(C)[C@H](CC[C@H]3[C@](C)(CO)CCC[C@@]32O)C1. The Balaban J connectivity index is 1.91.